The molecule has 4 atom stereocenters. The van der Waals surface area contributed by atoms with Crippen molar-refractivity contribution in [3.8, 4) is 0 Å². The van der Waals surface area contributed by atoms with Gasteiger partial charge in [-0.15, -0.1) is 0 Å². The molecule has 0 bridgehead atoms. The van der Waals surface area contributed by atoms with Gasteiger partial charge < -0.3 is 4.90 Å². The van der Waals surface area contributed by atoms with Gasteiger partial charge in [-0.1, -0.05) is 26.7 Å². The van der Waals surface area contributed by atoms with Crippen LogP contribution in [-0.4, -0.2) is 42.5 Å². The second kappa shape index (κ2) is 6.37. The number of nitrogens with one attached hydrogen (secondary N) is 1. The number of rotatable bonds is 3. The molecule has 3 aliphatic rings. The van der Waals surface area contributed by atoms with Crippen LogP contribution in [0.25, 0.3) is 0 Å². The van der Waals surface area contributed by atoms with Gasteiger partial charge >= 0.3 is 0 Å². The van der Waals surface area contributed by atoms with Crippen LogP contribution in [0.1, 0.15) is 59.3 Å². The van der Waals surface area contributed by atoms with E-state index in [1.807, 2.05) is 0 Å². The molecular formula is C18H33N2O+. The van der Waals surface area contributed by atoms with E-state index in [1.165, 1.54) is 38.8 Å². The summed E-state index contributed by atoms with van der Waals surface area (Å²) in [6.07, 6.45) is 8.06. The van der Waals surface area contributed by atoms with Crippen LogP contribution in [0.3, 0.4) is 0 Å². The molecule has 0 spiro atoms. The van der Waals surface area contributed by atoms with Gasteiger partial charge in [0, 0.05) is 18.9 Å². The smallest absolute Gasteiger partial charge is 0.189 e. The van der Waals surface area contributed by atoms with E-state index < -0.39 is 0 Å². The Labute approximate surface area is 130 Å². The summed E-state index contributed by atoms with van der Waals surface area (Å²) in [5.41, 5.74) is 0. The van der Waals surface area contributed by atoms with E-state index in [0.717, 1.165) is 31.2 Å². The van der Waals surface area contributed by atoms with Crippen LogP contribution < -0.4 is 4.90 Å². The molecule has 120 valence electrons. The lowest BCUT2D eigenvalue weighted by atomic mass is 9.81. The fourth-order valence-electron chi connectivity index (χ4n) is 4.88. The Bertz CT molecular complexity index is 375. The Balaban J connectivity index is 1.58. The number of hydrogen-bond donors (Lipinski definition) is 1. The number of piperidine rings is 1. The molecule has 3 fully saturated rings. The van der Waals surface area contributed by atoms with Gasteiger partial charge in [-0.25, -0.2) is 4.90 Å². The van der Waals surface area contributed by atoms with E-state index in [1.54, 1.807) is 4.90 Å². The molecule has 1 aliphatic carbocycles. The topological polar surface area (TPSA) is 24.8 Å². The van der Waals surface area contributed by atoms with Crippen LogP contribution in [0.2, 0.25) is 0 Å². The highest BCUT2D eigenvalue weighted by atomic mass is 16.1. The summed E-state index contributed by atoms with van der Waals surface area (Å²) >= 11 is 0. The van der Waals surface area contributed by atoms with Crippen molar-refractivity contribution in [2.45, 2.75) is 71.5 Å². The van der Waals surface area contributed by atoms with E-state index in [4.69, 9.17) is 0 Å². The normalized spacial score (nSPS) is 44.5. The van der Waals surface area contributed by atoms with Gasteiger partial charge in [-0.2, -0.15) is 0 Å². The first-order chi connectivity index (χ1) is 10.0. The number of hydrogen-bond acceptors (Lipinski definition) is 2. The number of quaternary nitrogens is 1. The summed E-state index contributed by atoms with van der Waals surface area (Å²) in [4.78, 5) is 16.9. The largest absolute Gasteiger partial charge is 0.310 e. The van der Waals surface area contributed by atoms with Crippen molar-refractivity contribution in [3.63, 3.8) is 0 Å². The van der Waals surface area contributed by atoms with Crippen LogP contribution in [0.15, 0.2) is 0 Å². The van der Waals surface area contributed by atoms with Gasteiger partial charge in [-0.3, -0.25) is 4.79 Å². The third-order valence-corrected chi connectivity index (χ3v) is 6.34. The number of ketones is 1. The highest BCUT2D eigenvalue weighted by molar-refractivity contribution is 5.82. The molecule has 3 rings (SSSR count). The molecule has 0 amide bonds. The number of fused-ring (bicyclic) bond motifs is 1. The average Bonchev–Trinajstić information content (AvgIpc) is 2.75. The molecule has 3 heteroatoms. The van der Waals surface area contributed by atoms with Crippen LogP contribution in [0.4, 0.5) is 0 Å². The molecule has 2 saturated heterocycles. The molecule has 21 heavy (non-hydrogen) atoms. The summed E-state index contributed by atoms with van der Waals surface area (Å²) in [6, 6.07) is 0.631. The van der Waals surface area contributed by atoms with Gasteiger partial charge in [0.25, 0.3) is 0 Å². The van der Waals surface area contributed by atoms with Crippen LogP contribution in [-0.2, 0) is 4.79 Å². The van der Waals surface area contributed by atoms with Crippen molar-refractivity contribution in [1.82, 2.24) is 4.90 Å². The van der Waals surface area contributed by atoms with Gasteiger partial charge in [-0.05, 0) is 38.0 Å². The number of Topliss-reactive ketones (excluding diaryl/α,β-unsaturated/α-hetero) is 1. The minimum atomic E-state index is 0.373. The van der Waals surface area contributed by atoms with Crippen molar-refractivity contribution in [2.24, 2.45) is 17.8 Å². The first kappa shape index (κ1) is 15.5. The summed E-state index contributed by atoms with van der Waals surface area (Å²) < 4.78 is 0. The standard InChI is InChI=1S/C18H32N2O/c1-13-4-7-16(8-5-13)17(21)12-20-15(3)11-19-10-14(2)6-9-18(19)20/h13-16,18H,4-12H2,1-3H3/p+1. The summed E-state index contributed by atoms with van der Waals surface area (Å²) in [5, 5.41) is 0. The van der Waals surface area contributed by atoms with Crippen molar-refractivity contribution in [2.75, 3.05) is 19.6 Å². The van der Waals surface area contributed by atoms with Crippen LogP contribution >= 0.6 is 0 Å². The second-order valence-corrected chi connectivity index (χ2v) is 8.23. The van der Waals surface area contributed by atoms with Gasteiger partial charge in [0.2, 0.25) is 0 Å². The Kier molecular flexibility index (Phi) is 4.70. The van der Waals surface area contributed by atoms with Crippen LogP contribution in [0, 0.1) is 17.8 Å². The number of carbonyl (C=O) groups is 1. The lowest BCUT2D eigenvalue weighted by Gasteiger charge is -2.35. The number of carbonyl (C=O) groups excluding carboxylic acids is 1. The Morgan fingerprint density at radius 1 is 0.952 bits per heavy atom. The Morgan fingerprint density at radius 2 is 1.62 bits per heavy atom. The number of nitrogens with zero attached hydrogens (tertiary/aromatic N) is 1. The first-order valence-corrected chi connectivity index (χ1v) is 9.17. The van der Waals surface area contributed by atoms with Gasteiger partial charge in [0.1, 0.15) is 12.7 Å². The molecule has 0 aromatic heterocycles. The van der Waals surface area contributed by atoms with Crippen LogP contribution in [0.5, 0.6) is 0 Å². The van der Waals surface area contributed by atoms with E-state index in [-0.39, 0.29) is 0 Å². The highest BCUT2D eigenvalue weighted by Crippen LogP contribution is 2.29. The second-order valence-electron chi connectivity index (χ2n) is 8.23. The highest BCUT2D eigenvalue weighted by Gasteiger charge is 2.44. The molecule has 0 aromatic carbocycles. The third kappa shape index (κ3) is 3.34. The Morgan fingerprint density at radius 3 is 2.33 bits per heavy atom. The fourth-order valence-corrected chi connectivity index (χ4v) is 4.88. The monoisotopic (exact) mass is 293 g/mol. The van der Waals surface area contributed by atoms with Gasteiger partial charge in [0.05, 0.1) is 12.6 Å². The SMILES string of the molecule is CC1CCC(C(=O)C[NH+]2C(C)CN3CC(C)CCC32)CC1. The van der Waals surface area contributed by atoms with Crippen molar-refractivity contribution < 1.29 is 9.69 Å². The lowest BCUT2D eigenvalue weighted by molar-refractivity contribution is -0.932. The lowest BCUT2D eigenvalue weighted by Crippen LogP contribution is -3.18. The molecule has 2 heterocycles. The quantitative estimate of drug-likeness (QED) is 0.857. The maximum atomic E-state index is 12.7. The van der Waals surface area contributed by atoms with E-state index in [9.17, 15) is 4.79 Å². The summed E-state index contributed by atoms with van der Waals surface area (Å²) in [7, 11) is 0. The zero-order chi connectivity index (χ0) is 15.0. The van der Waals surface area contributed by atoms with E-state index in [0.29, 0.717) is 23.9 Å². The fraction of sp³-hybridized carbons (Fsp3) is 0.944. The van der Waals surface area contributed by atoms with Crippen molar-refractivity contribution in [1.29, 1.82) is 0 Å². The molecular weight excluding hydrogens is 260 g/mol. The average molecular weight is 293 g/mol. The van der Waals surface area contributed by atoms with E-state index >= 15 is 0 Å². The minimum Gasteiger partial charge on any atom is -0.310 e. The van der Waals surface area contributed by atoms with Gasteiger partial charge in [0.15, 0.2) is 5.78 Å². The third-order valence-electron chi connectivity index (χ3n) is 6.34. The molecule has 1 N–H and O–H groups in total. The predicted octanol–water partition coefficient (Wildman–Crippen LogP) is 1.73. The predicted molar refractivity (Wildman–Crippen MR) is 85.2 cm³/mol. The van der Waals surface area contributed by atoms with Crippen molar-refractivity contribution >= 4 is 5.78 Å². The maximum Gasteiger partial charge on any atom is 0.189 e. The van der Waals surface area contributed by atoms with Crippen molar-refractivity contribution in [3.05, 3.63) is 0 Å². The van der Waals surface area contributed by atoms with E-state index in [2.05, 4.69) is 25.7 Å². The molecule has 0 radical (unpaired) electrons. The zero-order valence-corrected chi connectivity index (χ0v) is 14.1. The molecule has 4 unspecified atom stereocenters. The maximum absolute atomic E-state index is 12.7. The zero-order valence-electron chi connectivity index (χ0n) is 14.1. The Hall–Kier alpha value is -0.410. The summed E-state index contributed by atoms with van der Waals surface area (Å²) in [6.45, 7) is 10.3. The molecule has 0 aromatic rings. The molecule has 3 nitrogen and oxygen atoms in total. The first-order valence-electron chi connectivity index (χ1n) is 9.17. The molecule has 2 aliphatic heterocycles. The summed E-state index contributed by atoms with van der Waals surface area (Å²) in [5.74, 6) is 2.60. The molecule has 1 saturated carbocycles. The minimum absolute atomic E-state index is 0.373.